The molecule has 1 unspecified atom stereocenters. The summed E-state index contributed by atoms with van der Waals surface area (Å²) < 4.78 is 1.17. The van der Waals surface area contributed by atoms with Gasteiger partial charge in [0.15, 0.2) is 0 Å². The van der Waals surface area contributed by atoms with Crippen LogP contribution in [0.4, 0.5) is 5.69 Å². The molecule has 0 radical (unpaired) electrons. The summed E-state index contributed by atoms with van der Waals surface area (Å²) in [4.78, 5) is 11.4. The fraction of sp³-hybridized carbons (Fsp3) is 0.188. The fourth-order valence-electron chi connectivity index (χ4n) is 2.50. The molecule has 0 saturated heterocycles. The van der Waals surface area contributed by atoms with Gasteiger partial charge in [0, 0.05) is 15.7 Å². The fourth-order valence-corrected chi connectivity index (χ4v) is 3.23. The van der Waals surface area contributed by atoms with Gasteiger partial charge in [-0.25, -0.2) is 0 Å². The van der Waals surface area contributed by atoms with E-state index in [2.05, 4.69) is 46.1 Å². The lowest BCUT2D eigenvalue weighted by atomic mass is 9.94. The van der Waals surface area contributed by atoms with Gasteiger partial charge in [-0.15, -0.1) is 0 Å². The summed E-state index contributed by atoms with van der Waals surface area (Å²) in [5.74, 6) is 0.0900. The normalized spacial score (nSPS) is 15.4. The van der Waals surface area contributed by atoms with E-state index in [1.165, 1.54) is 9.13 Å². The molecule has 1 aliphatic heterocycles. The molecule has 0 spiro atoms. The standard InChI is InChI=1S/C16H15IN2O/c17-13-4-2-1-3-12(13)16(18)11-5-7-14-10(9-11)6-8-15(20)19-14/h1-5,7,9,16H,6,8,18H2,(H,19,20). The zero-order chi connectivity index (χ0) is 14.1. The van der Waals surface area contributed by atoms with Gasteiger partial charge in [0.2, 0.25) is 5.91 Å². The average Bonchev–Trinajstić information content (AvgIpc) is 2.46. The molecule has 1 amide bonds. The molecule has 2 aromatic carbocycles. The van der Waals surface area contributed by atoms with Gasteiger partial charge in [-0.2, -0.15) is 0 Å². The second kappa shape index (κ2) is 5.54. The summed E-state index contributed by atoms with van der Waals surface area (Å²) in [7, 11) is 0. The Bertz CT molecular complexity index is 669. The molecule has 2 aromatic rings. The quantitative estimate of drug-likeness (QED) is 0.789. The number of carbonyl (C=O) groups excluding carboxylic acids is 1. The number of aryl methyl sites for hydroxylation is 1. The summed E-state index contributed by atoms with van der Waals surface area (Å²) in [6, 6.07) is 14.1. The van der Waals surface area contributed by atoms with Crippen molar-refractivity contribution < 1.29 is 4.79 Å². The monoisotopic (exact) mass is 378 g/mol. The molecule has 1 atom stereocenters. The van der Waals surface area contributed by atoms with Crippen molar-refractivity contribution in [2.75, 3.05) is 5.32 Å². The molecule has 0 bridgehead atoms. The number of rotatable bonds is 2. The number of amides is 1. The second-order valence-corrected chi connectivity index (χ2v) is 6.13. The van der Waals surface area contributed by atoms with Gasteiger partial charge in [-0.1, -0.05) is 30.3 Å². The highest BCUT2D eigenvalue weighted by Crippen LogP contribution is 2.29. The van der Waals surface area contributed by atoms with Crippen molar-refractivity contribution in [3.63, 3.8) is 0 Å². The second-order valence-electron chi connectivity index (χ2n) is 4.96. The SMILES string of the molecule is NC(c1ccc2c(c1)CCC(=O)N2)c1ccccc1I. The van der Waals surface area contributed by atoms with Crippen molar-refractivity contribution in [1.82, 2.24) is 0 Å². The molecule has 3 nitrogen and oxygen atoms in total. The Kier molecular flexibility index (Phi) is 3.76. The topological polar surface area (TPSA) is 55.1 Å². The smallest absolute Gasteiger partial charge is 0.224 e. The lowest BCUT2D eigenvalue weighted by Gasteiger charge is -2.20. The highest BCUT2D eigenvalue weighted by molar-refractivity contribution is 14.1. The van der Waals surface area contributed by atoms with Crippen LogP contribution in [0.15, 0.2) is 42.5 Å². The molecule has 3 N–H and O–H groups in total. The summed E-state index contributed by atoms with van der Waals surface area (Å²) in [5.41, 5.74) is 10.7. The lowest BCUT2D eigenvalue weighted by molar-refractivity contribution is -0.116. The first-order valence-corrected chi connectivity index (χ1v) is 7.66. The van der Waals surface area contributed by atoms with Gasteiger partial charge in [0.05, 0.1) is 6.04 Å². The molecular weight excluding hydrogens is 363 g/mol. The zero-order valence-corrected chi connectivity index (χ0v) is 13.1. The number of hydrogen-bond acceptors (Lipinski definition) is 2. The van der Waals surface area contributed by atoms with Crippen LogP contribution in [0.5, 0.6) is 0 Å². The summed E-state index contributed by atoms with van der Waals surface area (Å²) in [6.45, 7) is 0. The van der Waals surface area contributed by atoms with Crippen molar-refractivity contribution in [3.05, 3.63) is 62.7 Å². The minimum Gasteiger partial charge on any atom is -0.326 e. The predicted molar refractivity (Wildman–Crippen MR) is 88.6 cm³/mol. The van der Waals surface area contributed by atoms with Crippen LogP contribution < -0.4 is 11.1 Å². The third kappa shape index (κ3) is 2.58. The van der Waals surface area contributed by atoms with E-state index in [9.17, 15) is 4.79 Å². The number of halogens is 1. The highest BCUT2D eigenvalue weighted by Gasteiger charge is 2.17. The van der Waals surface area contributed by atoms with Crippen molar-refractivity contribution >= 4 is 34.2 Å². The van der Waals surface area contributed by atoms with Crippen LogP contribution in [0.2, 0.25) is 0 Å². The van der Waals surface area contributed by atoms with Crippen molar-refractivity contribution in [3.8, 4) is 0 Å². The van der Waals surface area contributed by atoms with E-state index >= 15 is 0 Å². The third-order valence-electron chi connectivity index (χ3n) is 3.62. The largest absolute Gasteiger partial charge is 0.326 e. The van der Waals surface area contributed by atoms with Crippen LogP contribution >= 0.6 is 22.6 Å². The van der Waals surface area contributed by atoms with Gasteiger partial charge < -0.3 is 11.1 Å². The minimum absolute atomic E-state index is 0.0900. The molecule has 4 heteroatoms. The van der Waals surface area contributed by atoms with Gasteiger partial charge >= 0.3 is 0 Å². The molecule has 0 fully saturated rings. The van der Waals surface area contributed by atoms with Crippen molar-refractivity contribution in [2.24, 2.45) is 5.73 Å². The Morgan fingerprint density at radius 3 is 2.75 bits per heavy atom. The average molecular weight is 378 g/mol. The number of nitrogens with one attached hydrogen (secondary N) is 1. The summed E-state index contributed by atoms with van der Waals surface area (Å²) >= 11 is 2.31. The van der Waals surface area contributed by atoms with Crippen LogP contribution in [0.3, 0.4) is 0 Å². The van der Waals surface area contributed by atoms with Crippen LogP contribution in [0.1, 0.15) is 29.2 Å². The minimum atomic E-state index is -0.133. The lowest BCUT2D eigenvalue weighted by Crippen LogP contribution is -2.20. The highest BCUT2D eigenvalue weighted by atomic mass is 127. The first-order valence-electron chi connectivity index (χ1n) is 6.58. The van der Waals surface area contributed by atoms with Crippen LogP contribution in [0, 0.1) is 3.57 Å². The number of fused-ring (bicyclic) bond motifs is 1. The molecule has 3 rings (SSSR count). The molecule has 0 saturated carbocycles. The Labute approximate surface area is 131 Å². The first kappa shape index (κ1) is 13.6. The van der Waals surface area contributed by atoms with Gasteiger partial charge in [-0.05, 0) is 57.8 Å². The van der Waals surface area contributed by atoms with E-state index in [0.29, 0.717) is 6.42 Å². The first-order chi connectivity index (χ1) is 9.65. The maximum absolute atomic E-state index is 11.4. The van der Waals surface area contributed by atoms with Gasteiger partial charge in [0.1, 0.15) is 0 Å². The number of nitrogens with two attached hydrogens (primary N) is 1. The molecular formula is C16H15IN2O. The molecule has 1 aliphatic rings. The van der Waals surface area contributed by atoms with E-state index in [0.717, 1.165) is 23.2 Å². The Balaban J connectivity index is 1.95. The van der Waals surface area contributed by atoms with E-state index in [1.807, 2.05) is 24.3 Å². The molecule has 0 aromatic heterocycles. The predicted octanol–water partition coefficient (Wildman–Crippen LogP) is 3.22. The molecule has 102 valence electrons. The zero-order valence-electron chi connectivity index (χ0n) is 10.9. The maximum atomic E-state index is 11.4. The van der Waals surface area contributed by atoms with Crippen LogP contribution in [-0.4, -0.2) is 5.91 Å². The van der Waals surface area contributed by atoms with Gasteiger partial charge in [0.25, 0.3) is 0 Å². The molecule has 20 heavy (non-hydrogen) atoms. The number of carbonyl (C=O) groups is 1. The Morgan fingerprint density at radius 1 is 1.15 bits per heavy atom. The van der Waals surface area contributed by atoms with Gasteiger partial charge in [-0.3, -0.25) is 4.79 Å². The van der Waals surface area contributed by atoms with E-state index in [-0.39, 0.29) is 11.9 Å². The number of benzene rings is 2. The Hall–Kier alpha value is -1.40. The van der Waals surface area contributed by atoms with E-state index in [4.69, 9.17) is 5.73 Å². The molecule has 0 aliphatic carbocycles. The van der Waals surface area contributed by atoms with Crippen molar-refractivity contribution in [1.29, 1.82) is 0 Å². The van der Waals surface area contributed by atoms with Crippen molar-refractivity contribution in [2.45, 2.75) is 18.9 Å². The number of hydrogen-bond donors (Lipinski definition) is 2. The number of anilines is 1. The van der Waals surface area contributed by atoms with Crippen LogP contribution in [0.25, 0.3) is 0 Å². The van der Waals surface area contributed by atoms with E-state index in [1.54, 1.807) is 0 Å². The van der Waals surface area contributed by atoms with Crippen LogP contribution in [-0.2, 0) is 11.2 Å². The third-order valence-corrected chi connectivity index (χ3v) is 4.61. The molecule has 1 heterocycles. The Morgan fingerprint density at radius 2 is 1.95 bits per heavy atom. The summed E-state index contributed by atoms with van der Waals surface area (Å²) in [5, 5.41) is 2.90. The summed E-state index contributed by atoms with van der Waals surface area (Å²) in [6.07, 6.45) is 1.34. The maximum Gasteiger partial charge on any atom is 0.224 e. The van der Waals surface area contributed by atoms with E-state index < -0.39 is 0 Å².